The molecule has 26 heavy (non-hydrogen) atoms. The Kier molecular flexibility index (Phi) is 5.55. The van der Waals surface area contributed by atoms with Crippen LogP contribution in [0, 0.1) is 0 Å². The molecule has 1 aromatic heterocycles. The maximum Gasteiger partial charge on any atom is 0.281 e. The van der Waals surface area contributed by atoms with Crippen LogP contribution in [0.2, 0.25) is 0 Å². The number of piperidine rings is 1. The zero-order valence-electron chi connectivity index (χ0n) is 15.3. The third-order valence-electron chi connectivity index (χ3n) is 4.61. The third kappa shape index (κ3) is 3.87. The van der Waals surface area contributed by atoms with Crippen LogP contribution in [-0.2, 0) is 10.2 Å². The van der Waals surface area contributed by atoms with Crippen LogP contribution in [0.1, 0.15) is 24.5 Å². The predicted octanol–water partition coefficient (Wildman–Crippen LogP) is 2.14. The molecule has 2 aromatic rings. The third-order valence-corrected chi connectivity index (χ3v) is 6.52. The van der Waals surface area contributed by atoms with Crippen molar-refractivity contribution < 1.29 is 13.2 Å². The fourth-order valence-corrected chi connectivity index (χ4v) is 4.31. The van der Waals surface area contributed by atoms with Crippen LogP contribution in [0.4, 0.5) is 0 Å². The van der Waals surface area contributed by atoms with Gasteiger partial charge < -0.3 is 4.74 Å². The van der Waals surface area contributed by atoms with Crippen LogP contribution in [0.15, 0.2) is 36.7 Å². The highest BCUT2D eigenvalue weighted by Crippen LogP contribution is 2.29. The molecule has 140 valence electrons. The van der Waals surface area contributed by atoms with Crippen LogP contribution in [-0.4, -0.2) is 61.3 Å². The number of rotatable bonds is 5. The van der Waals surface area contributed by atoms with Crippen molar-refractivity contribution in [3.8, 4) is 17.0 Å². The molecule has 0 amide bonds. The predicted molar refractivity (Wildman–Crippen MR) is 100 cm³/mol. The van der Waals surface area contributed by atoms with Crippen molar-refractivity contribution in [1.82, 2.24) is 18.6 Å². The van der Waals surface area contributed by atoms with Gasteiger partial charge in [0, 0.05) is 44.9 Å². The van der Waals surface area contributed by atoms with E-state index in [2.05, 4.69) is 4.98 Å². The van der Waals surface area contributed by atoms with Gasteiger partial charge in [-0.2, -0.15) is 17.0 Å². The first kappa shape index (κ1) is 18.8. The number of benzene rings is 1. The molecule has 0 saturated carbocycles. The molecule has 0 aliphatic carbocycles. The van der Waals surface area contributed by atoms with E-state index >= 15 is 0 Å². The van der Waals surface area contributed by atoms with Gasteiger partial charge in [0.1, 0.15) is 5.75 Å². The standard InChI is InChI=1S/C18H24N4O3S/c1-21(2)26(23,24)22-9-5-7-15(13-22)18-12-19-11-17(20-18)14-6-4-8-16(10-14)25-3/h4,6,8,10-12,15H,5,7,9,13H2,1-3H3/t15-/m1/s1. The maximum atomic E-state index is 12.4. The molecule has 1 aliphatic heterocycles. The van der Waals surface area contributed by atoms with E-state index in [0.29, 0.717) is 13.1 Å². The van der Waals surface area contributed by atoms with Crippen molar-refractivity contribution in [3.05, 3.63) is 42.4 Å². The Balaban J connectivity index is 1.86. The minimum Gasteiger partial charge on any atom is -0.497 e. The highest BCUT2D eigenvalue weighted by Gasteiger charge is 2.31. The summed E-state index contributed by atoms with van der Waals surface area (Å²) in [6.45, 7) is 0.969. The smallest absolute Gasteiger partial charge is 0.281 e. The lowest BCUT2D eigenvalue weighted by molar-refractivity contribution is 0.296. The molecule has 0 unspecified atom stereocenters. The molecule has 0 spiro atoms. The lowest BCUT2D eigenvalue weighted by Gasteiger charge is -2.33. The van der Waals surface area contributed by atoms with E-state index in [-0.39, 0.29) is 5.92 Å². The molecule has 1 fully saturated rings. The largest absolute Gasteiger partial charge is 0.497 e. The van der Waals surface area contributed by atoms with Gasteiger partial charge in [0.15, 0.2) is 0 Å². The Bertz CT molecular complexity index is 870. The van der Waals surface area contributed by atoms with E-state index in [1.54, 1.807) is 33.6 Å². The van der Waals surface area contributed by atoms with Gasteiger partial charge in [-0.05, 0) is 25.0 Å². The molecule has 3 rings (SSSR count). The molecule has 8 heteroatoms. The number of nitrogens with zero attached hydrogens (tertiary/aromatic N) is 4. The second-order valence-electron chi connectivity index (χ2n) is 6.55. The van der Waals surface area contributed by atoms with E-state index in [9.17, 15) is 8.42 Å². The Morgan fingerprint density at radius 2 is 2.08 bits per heavy atom. The molecule has 1 saturated heterocycles. The molecule has 7 nitrogen and oxygen atoms in total. The van der Waals surface area contributed by atoms with Gasteiger partial charge >= 0.3 is 0 Å². The van der Waals surface area contributed by atoms with Crippen molar-refractivity contribution in [1.29, 1.82) is 0 Å². The van der Waals surface area contributed by atoms with Gasteiger partial charge in [0.2, 0.25) is 0 Å². The highest BCUT2D eigenvalue weighted by molar-refractivity contribution is 7.86. The molecule has 0 radical (unpaired) electrons. The Morgan fingerprint density at radius 3 is 2.81 bits per heavy atom. The Labute approximate surface area is 154 Å². The number of hydrogen-bond acceptors (Lipinski definition) is 5. The molecule has 0 N–H and O–H groups in total. The van der Waals surface area contributed by atoms with Gasteiger partial charge in [-0.3, -0.25) is 4.98 Å². The van der Waals surface area contributed by atoms with Crippen LogP contribution in [0.3, 0.4) is 0 Å². The Hall–Kier alpha value is -2.03. The minimum atomic E-state index is -3.41. The van der Waals surface area contributed by atoms with E-state index < -0.39 is 10.2 Å². The second-order valence-corrected chi connectivity index (χ2v) is 8.69. The summed E-state index contributed by atoms with van der Waals surface area (Å²) in [6.07, 6.45) is 5.16. The maximum absolute atomic E-state index is 12.4. The monoisotopic (exact) mass is 376 g/mol. The first-order valence-electron chi connectivity index (χ1n) is 8.56. The molecule has 2 heterocycles. The van der Waals surface area contributed by atoms with E-state index in [0.717, 1.165) is 35.5 Å². The zero-order valence-corrected chi connectivity index (χ0v) is 16.1. The summed E-state index contributed by atoms with van der Waals surface area (Å²) in [5.41, 5.74) is 2.50. The van der Waals surface area contributed by atoms with Crippen molar-refractivity contribution >= 4 is 10.2 Å². The molecular weight excluding hydrogens is 352 g/mol. The molecular formula is C18H24N4O3S. The van der Waals surface area contributed by atoms with Crippen molar-refractivity contribution in [2.75, 3.05) is 34.3 Å². The van der Waals surface area contributed by atoms with Crippen molar-refractivity contribution in [2.45, 2.75) is 18.8 Å². The van der Waals surface area contributed by atoms with Crippen molar-refractivity contribution in [2.24, 2.45) is 0 Å². The van der Waals surface area contributed by atoms with Gasteiger partial charge in [0.05, 0.1) is 24.7 Å². The summed E-state index contributed by atoms with van der Waals surface area (Å²) >= 11 is 0. The lowest BCUT2D eigenvalue weighted by Crippen LogP contribution is -2.45. The highest BCUT2D eigenvalue weighted by atomic mass is 32.2. The zero-order chi connectivity index (χ0) is 18.7. The fraction of sp³-hybridized carbons (Fsp3) is 0.444. The van der Waals surface area contributed by atoms with E-state index in [1.807, 2.05) is 24.3 Å². The topological polar surface area (TPSA) is 75.6 Å². The normalized spacial score (nSPS) is 18.8. The number of hydrogen-bond donors (Lipinski definition) is 0. The average molecular weight is 376 g/mol. The first-order valence-corrected chi connectivity index (χ1v) is 9.95. The van der Waals surface area contributed by atoms with E-state index in [4.69, 9.17) is 9.72 Å². The van der Waals surface area contributed by atoms with E-state index in [1.165, 1.54) is 8.61 Å². The first-order chi connectivity index (χ1) is 12.4. The summed E-state index contributed by atoms with van der Waals surface area (Å²) in [5.74, 6) is 0.798. The second kappa shape index (κ2) is 7.69. The Morgan fingerprint density at radius 1 is 1.27 bits per heavy atom. The molecule has 1 aliphatic rings. The van der Waals surface area contributed by atoms with Crippen LogP contribution < -0.4 is 4.74 Å². The SMILES string of the molecule is COc1cccc(-c2cncc([C@@H]3CCCN(S(=O)(=O)N(C)C)C3)n2)c1. The summed E-state index contributed by atoms with van der Waals surface area (Å²) < 4.78 is 32.9. The summed E-state index contributed by atoms with van der Waals surface area (Å²) in [6, 6.07) is 7.66. The average Bonchev–Trinajstić information content (AvgIpc) is 2.68. The molecule has 1 aromatic carbocycles. The number of aromatic nitrogens is 2. The summed E-state index contributed by atoms with van der Waals surface area (Å²) in [4.78, 5) is 9.08. The van der Waals surface area contributed by atoms with Crippen LogP contribution in [0.25, 0.3) is 11.3 Å². The summed E-state index contributed by atoms with van der Waals surface area (Å²) in [5, 5.41) is 0. The molecule has 1 atom stereocenters. The van der Waals surface area contributed by atoms with Gasteiger partial charge in [0.25, 0.3) is 10.2 Å². The van der Waals surface area contributed by atoms with Crippen molar-refractivity contribution in [3.63, 3.8) is 0 Å². The molecule has 0 bridgehead atoms. The quantitative estimate of drug-likeness (QED) is 0.799. The minimum absolute atomic E-state index is 0.0385. The van der Waals surface area contributed by atoms with Gasteiger partial charge in [-0.25, -0.2) is 4.98 Å². The lowest BCUT2D eigenvalue weighted by atomic mass is 9.96. The fourth-order valence-electron chi connectivity index (χ4n) is 3.12. The van der Waals surface area contributed by atoms with Gasteiger partial charge in [-0.15, -0.1) is 0 Å². The van der Waals surface area contributed by atoms with Crippen LogP contribution in [0.5, 0.6) is 5.75 Å². The van der Waals surface area contributed by atoms with Crippen LogP contribution >= 0.6 is 0 Å². The number of ether oxygens (including phenoxy) is 1. The van der Waals surface area contributed by atoms with Gasteiger partial charge in [-0.1, -0.05) is 12.1 Å². The summed E-state index contributed by atoms with van der Waals surface area (Å²) in [7, 11) is 1.33. The number of methoxy groups -OCH3 is 1.